The Morgan fingerprint density at radius 2 is 1.80 bits per heavy atom. The molecule has 0 saturated heterocycles. The van der Waals surface area contributed by atoms with Gasteiger partial charge in [-0.25, -0.2) is 9.48 Å². The molecule has 1 atom stereocenters. The number of fused-ring (bicyclic) bond motifs is 3. The number of nitrogens with zero attached hydrogens (tertiary/aromatic N) is 3. The summed E-state index contributed by atoms with van der Waals surface area (Å²) in [6.45, 7) is 2.22. The van der Waals surface area contributed by atoms with Gasteiger partial charge in [0.05, 0.1) is 17.9 Å². The molecule has 154 valence electrons. The predicted octanol–water partition coefficient (Wildman–Crippen LogP) is 3.54. The standard InChI is InChI=1S/C23H25N5O2/c1-14(24)22-12-28(27-26-22)16-10-15(11-16)25-23(29)30-13-21-19-8-4-2-6-17(19)18-7-3-5-9-20(18)21/h2-9,12,14-16,21H,10-11,13,24H2,1H3,(H,25,29). The minimum absolute atomic E-state index is 0.0733. The van der Waals surface area contributed by atoms with Gasteiger partial charge in [0.1, 0.15) is 6.61 Å². The van der Waals surface area contributed by atoms with E-state index in [0.717, 1.165) is 18.5 Å². The van der Waals surface area contributed by atoms with Crippen LogP contribution < -0.4 is 11.1 Å². The number of nitrogens with one attached hydrogen (secondary N) is 1. The fourth-order valence-corrected chi connectivity index (χ4v) is 4.41. The lowest BCUT2D eigenvalue weighted by molar-refractivity contribution is 0.124. The molecule has 2 aromatic carbocycles. The number of hydrogen-bond acceptors (Lipinski definition) is 5. The van der Waals surface area contributed by atoms with Crippen LogP contribution in [0, 0.1) is 0 Å². The van der Waals surface area contributed by atoms with Crippen molar-refractivity contribution in [2.75, 3.05) is 6.61 Å². The van der Waals surface area contributed by atoms with Gasteiger partial charge in [0.15, 0.2) is 0 Å². The minimum atomic E-state index is -0.366. The lowest BCUT2D eigenvalue weighted by atomic mass is 9.87. The maximum atomic E-state index is 12.4. The fraction of sp³-hybridized carbons (Fsp3) is 0.348. The quantitative estimate of drug-likeness (QED) is 0.679. The molecule has 1 unspecified atom stereocenters. The SMILES string of the molecule is CC(N)c1cn(C2CC(NC(=O)OCC3c4ccccc4-c4ccccc43)C2)nn1. The zero-order chi connectivity index (χ0) is 20.7. The van der Waals surface area contributed by atoms with Crippen LogP contribution in [-0.2, 0) is 4.74 Å². The monoisotopic (exact) mass is 403 g/mol. The van der Waals surface area contributed by atoms with Crippen LogP contribution in [0.5, 0.6) is 0 Å². The second-order valence-electron chi connectivity index (χ2n) is 8.20. The molecule has 7 nitrogen and oxygen atoms in total. The van der Waals surface area contributed by atoms with Crippen LogP contribution in [-0.4, -0.2) is 33.7 Å². The number of carbonyl (C=O) groups is 1. The van der Waals surface area contributed by atoms with Crippen LogP contribution in [0.3, 0.4) is 0 Å². The zero-order valence-electron chi connectivity index (χ0n) is 16.9. The number of hydrogen-bond donors (Lipinski definition) is 2. The average Bonchev–Trinajstić information content (AvgIpc) is 3.32. The van der Waals surface area contributed by atoms with E-state index in [0.29, 0.717) is 6.61 Å². The van der Waals surface area contributed by atoms with E-state index in [1.54, 1.807) is 0 Å². The summed E-state index contributed by atoms with van der Waals surface area (Å²) in [4.78, 5) is 12.4. The summed E-state index contributed by atoms with van der Waals surface area (Å²) >= 11 is 0. The number of carbonyl (C=O) groups excluding carboxylic acids is 1. The molecule has 1 heterocycles. The van der Waals surface area contributed by atoms with Gasteiger partial charge in [-0.2, -0.15) is 0 Å². The van der Waals surface area contributed by atoms with Crippen LogP contribution in [0.1, 0.15) is 54.6 Å². The highest BCUT2D eigenvalue weighted by molar-refractivity contribution is 5.79. The van der Waals surface area contributed by atoms with Gasteiger partial charge in [-0.15, -0.1) is 5.10 Å². The van der Waals surface area contributed by atoms with E-state index in [4.69, 9.17) is 10.5 Å². The Labute approximate surface area is 175 Å². The molecule has 1 saturated carbocycles. The van der Waals surface area contributed by atoms with Crippen molar-refractivity contribution < 1.29 is 9.53 Å². The molecule has 30 heavy (non-hydrogen) atoms. The van der Waals surface area contributed by atoms with Gasteiger partial charge in [0, 0.05) is 18.0 Å². The van der Waals surface area contributed by atoms with E-state index < -0.39 is 0 Å². The molecule has 1 amide bonds. The van der Waals surface area contributed by atoms with Crippen molar-refractivity contribution in [3.05, 3.63) is 71.5 Å². The molecule has 3 N–H and O–H groups in total. The molecule has 1 fully saturated rings. The van der Waals surface area contributed by atoms with E-state index in [1.165, 1.54) is 22.3 Å². The first kappa shape index (κ1) is 18.8. The normalized spacial score (nSPS) is 20.7. The molecule has 5 rings (SSSR count). The molecule has 0 spiro atoms. The maximum absolute atomic E-state index is 12.4. The third-order valence-corrected chi connectivity index (χ3v) is 6.15. The summed E-state index contributed by atoms with van der Waals surface area (Å²) in [5.74, 6) is 0.0733. The van der Waals surface area contributed by atoms with Crippen LogP contribution >= 0.6 is 0 Å². The summed E-state index contributed by atoms with van der Waals surface area (Å²) < 4.78 is 7.46. The van der Waals surface area contributed by atoms with Crippen LogP contribution in [0.15, 0.2) is 54.7 Å². The smallest absolute Gasteiger partial charge is 0.407 e. The van der Waals surface area contributed by atoms with E-state index in [-0.39, 0.29) is 30.1 Å². The molecular formula is C23H25N5O2. The summed E-state index contributed by atoms with van der Waals surface area (Å²) in [7, 11) is 0. The molecule has 2 aliphatic rings. The van der Waals surface area contributed by atoms with E-state index in [9.17, 15) is 4.79 Å². The van der Waals surface area contributed by atoms with Gasteiger partial charge in [-0.05, 0) is 42.0 Å². The molecule has 0 radical (unpaired) electrons. The Bertz CT molecular complexity index is 1030. The molecule has 7 heteroatoms. The predicted molar refractivity (Wildman–Crippen MR) is 113 cm³/mol. The molecule has 0 aliphatic heterocycles. The Morgan fingerprint density at radius 3 is 2.40 bits per heavy atom. The minimum Gasteiger partial charge on any atom is -0.449 e. The second-order valence-corrected chi connectivity index (χ2v) is 8.20. The molecule has 0 bridgehead atoms. The Kier molecular flexibility index (Phi) is 4.75. The lowest BCUT2D eigenvalue weighted by Gasteiger charge is -2.35. The molecular weight excluding hydrogens is 378 g/mol. The summed E-state index contributed by atoms with van der Waals surface area (Å²) in [6, 6.07) is 16.9. The van der Waals surface area contributed by atoms with Gasteiger partial charge in [0.25, 0.3) is 0 Å². The number of alkyl carbamates (subject to hydrolysis) is 1. The van der Waals surface area contributed by atoms with E-state index in [1.807, 2.05) is 42.1 Å². The van der Waals surface area contributed by atoms with Gasteiger partial charge < -0.3 is 15.8 Å². The van der Waals surface area contributed by atoms with Crippen molar-refractivity contribution in [3.8, 4) is 11.1 Å². The van der Waals surface area contributed by atoms with Crippen molar-refractivity contribution in [1.82, 2.24) is 20.3 Å². The Balaban J connectivity index is 1.16. The lowest BCUT2D eigenvalue weighted by Crippen LogP contribution is -2.45. The third-order valence-electron chi connectivity index (χ3n) is 6.15. The van der Waals surface area contributed by atoms with Gasteiger partial charge in [-0.1, -0.05) is 53.7 Å². The number of ether oxygens (including phenoxy) is 1. The first-order valence-electron chi connectivity index (χ1n) is 10.4. The number of nitrogens with two attached hydrogens (primary N) is 1. The zero-order valence-corrected chi connectivity index (χ0v) is 16.9. The van der Waals surface area contributed by atoms with Gasteiger partial charge in [-0.3, -0.25) is 0 Å². The number of benzene rings is 2. The molecule has 3 aromatic rings. The largest absolute Gasteiger partial charge is 0.449 e. The van der Waals surface area contributed by atoms with Crippen molar-refractivity contribution in [3.63, 3.8) is 0 Å². The second kappa shape index (κ2) is 7.57. The summed E-state index contributed by atoms with van der Waals surface area (Å²) in [5, 5.41) is 11.2. The first-order valence-corrected chi connectivity index (χ1v) is 10.4. The van der Waals surface area contributed by atoms with E-state index >= 15 is 0 Å². The number of aromatic nitrogens is 3. The fourth-order valence-electron chi connectivity index (χ4n) is 4.41. The highest BCUT2D eigenvalue weighted by Gasteiger charge is 2.34. The summed E-state index contributed by atoms with van der Waals surface area (Å²) in [6.07, 6.45) is 3.15. The Hall–Kier alpha value is -3.19. The van der Waals surface area contributed by atoms with Gasteiger partial charge in [0.2, 0.25) is 0 Å². The molecule has 1 aromatic heterocycles. The third kappa shape index (κ3) is 3.35. The molecule has 2 aliphatic carbocycles. The maximum Gasteiger partial charge on any atom is 0.407 e. The van der Waals surface area contributed by atoms with Crippen molar-refractivity contribution in [1.29, 1.82) is 0 Å². The van der Waals surface area contributed by atoms with Crippen molar-refractivity contribution >= 4 is 6.09 Å². The van der Waals surface area contributed by atoms with Crippen LogP contribution in [0.4, 0.5) is 4.79 Å². The van der Waals surface area contributed by atoms with Crippen LogP contribution in [0.2, 0.25) is 0 Å². The average molecular weight is 403 g/mol. The number of amides is 1. The van der Waals surface area contributed by atoms with Crippen molar-refractivity contribution in [2.45, 2.75) is 43.8 Å². The first-order chi connectivity index (χ1) is 14.6. The highest BCUT2D eigenvalue weighted by atomic mass is 16.5. The Morgan fingerprint density at radius 1 is 1.17 bits per heavy atom. The van der Waals surface area contributed by atoms with E-state index in [2.05, 4.69) is 39.9 Å². The van der Waals surface area contributed by atoms with Gasteiger partial charge >= 0.3 is 6.09 Å². The summed E-state index contributed by atoms with van der Waals surface area (Å²) in [5.41, 5.74) is 11.5. The topological polar surface area (TPSA) is 95.1 Å². The van der Waals surface area contributed by atoms with Crippen molar-refractivity contribution in [2.24, 2.45) is 5.73 Å². The van der Waals surface area contributed by atoms with Crippen LogP contribution in [0.25, 0.3) is 11.1 Å². The number of rotatable bonds is 5. The highest BCUT2D eigenvalue weighted by Crippen LogP contribution is 2.44.